The summed E-state index contributed by atoms with van der Waals surface area (Å²) >= 11 is 5.14. The van der Waals surface area contributed by atoms with Crippen molar-refractivity contribution in [2.24, 2.45) is 0 Å². The molecule has 0 saturated heterocycles. The number of hydrogen-bond acceptors (Lipinski definition) is 4. The summed E-state index contributed by atoms with van der Waals surface area (Å²) in [4.78, 5) is 12.7. The number of rotatable bonds is 8. The molecule has 0 aliphatic carbocycles. The second-order valence-electron chi connectivity index (χ2n) is 3.94. The summed E-state index contributed by atoms with van der Waals surface area (Å²) in [5, 5.41) is 8.18. The van der Waals surface area contributed by atoms with Crippen LogP contribution in [0, 0.1) is 0 Å². The Labute approximate surface area is 120 Å². The van der Waals surface area contributed by atoms with E-state index in [0.29, 0.717) is 26.1 Å². The van der Waals surface area contributed by atoms with Gasteiger partial charge in [-0.1, -0.05) is 0 Å². The third-order valence-corrected chi connectivity index (χ3v) is 4.32. The molecule has 0 saturated carbocycles. The topological polar surface area (TPSA) is 50.4 Å². The van der Waals surface area contributed by atoms with E-state index in [1.807, 2.05) is 0 Å². The molecule has 6 heteroatoms. The van der Waals surface area contributed by atoms with Crippen molar-refractivity contribution >= 4 is 33.2 Å². The normalized spacial score (nSPS) is 12.4. The Bertz CT molecular complexity index is 371. The molecule has 1 atom stereocenters. The van der Waals surface area contributed by atoms with Gasteiger partial charge in [-0.05, 0) is 28.9 Å². The zero-order valence-electron chi connectivity index (χ0n) is 10.7. The van der Waals surface area contributed by atoms with Gasteiger partial charge in [0.2, 0.25) is 5.91 Å². The average molecular weight is 335 g/mol. The highest BCUT2D eigenvalue weighted by molar-refractivity contribution is 9.10. The third-order valence-electron chi connectivity index (χ3n) is 2.45. The van der Waals surface area contributed by atoms with Crippen LogP contribution in [0.3, 0.4) is 0 Å². The molecular weight excluding hydrogens is 316 g/mol. The zero-order valence-corrected chi connectivity index (χ0v) is 13.1. The van der Waals surface area contributed by atoms with Gasteiger partial charge in [0.05, 0.1) is 6.61 Å². The van der Waals surface area contributed by atoms with Gasteiger partial charge in [-0.3, -0.25) is 4.79 Å². The third kappa shape index (κ3) is 5.95. The molecule has 1 rings (SSSR count). The van der Waals surface area contributed by atoms with E-state index in [2.05, 4.69) is 44.9 Å². The number of ether oxygens (including phenoxy) is 1. The fraction of sp³-hybridized carbons (Fsp3) is 0.583. The molecular formula is C12H19BrN2O2S. The van der Waals surface area contributed by atoms with Gasteiger partial charge in [-0.25, -0.2) is 0 Å². The van der Waals surface area contributed by atoms with Crippen LogP contribution in [-0.2, 0) is 9.53 Å². The van der Waals surface area contributed by atoms with Crippen LogP contribution >= 0.6 is 27.3 Å². The monoisotopic (exact) mass is 334 g/mol. The average Bonchev–Trinajstić information content (AvgIpc) is 2.76. The number of hydrogen-bond donors (Lipinski definition) is 2. The Morgan fingerprint density at radius 3 is 2.94 bits per heavy atom. The first kappa shape index (κ1) is 15.6. The van der Waals surface area contributed by atoms with Crippen molar-refractivity contribution in [3.63, 3.8) is 0 Å². The lowest BCUT2D eigenvalue weighted by atomic mass is 10.2. The van der Waals surface area contributed by atoms with Gasteiger partial charge in [0.25, 0.3) is 0 Å². The highest BCUT2D eigenvalue weighted by Crippen LogP contribution is 2.25. The number of amides is 1. The van der Waals surface area contributed by atoms with Crippen molar-refractivity contribution in [1.82, 2.24) is 10.6 Å². The highest BCUT2D eigenvalue weighted by atomic mass is 79.9. The molecule has 1 aromatic heterocycles. The molecule has 1 amide bonds. The Hall–Kier alpha value is -0.430. The van der Waals surface area contributed by atoms with Crippen LogP contribution in [0.2, 0.25) is 0 Å². The molecule has 0 aliphatic heterocycles. The summed E-state index contributed by atoms with van der Waals surface area (Å²) in [6, 6.07) is 2.37. The Morgan fingerprint density at radius 1 is 1.56 bits per heavy atom. The van der Waals surface area contributed by atoms with E-state index < -0.39 is 0 Å². The van der Waals surface area contributed by atoms with Gasteiger partial charge in [0.1, 0.15) is 0 Å². The molecule has 1 unspecified atom stereocenters. The largest absolute Gasteiger partial charge is 0.383 e. The molecule has 1 aromatic rings. The summed E-state index contributed by atoms with van der Waals surface area (Å²) in [6.45, 7) is 3.90. The maximum absolute atomic E-state index is 11.4. The number of carbonyl (C=O) groups is 1. The van der Waals surface area contributed by atoms with Gasteiger partial charge >= 0.3 is 0 Å². The number of thiophene rings is 1. The Morgan fingerprint density at radius 2 is 2.33 bits per heavy atom. The predicted octanol–water partition coefficient (Wildman–Crippen LogP) is 2.31. The first-order valence-electron chi connectivity index (χ1n) is 5.86. The molecule has 0 spiro atoms. The quantitative estimate of drug-likeness (QED) is 0.717. The smallest absolute Gasteiger partial charge is 0.221 e. The van der Waals surface area contributed by atoms with Crippen molar-refractivity contribution in [3.05, 3.63) is 20.8 Å². The summed E-state index contributed by atoms with van der Waals surface area (Å²) in [5.74, 6) is 0.0547. The van der Waals surface area contributed by atoms with Gasteiger partial charge < -0.3 is 15.4 Å². The van der Waals surface area contributed by atoms with E-state index in [-0.39, 0.29) is 11.9 Å². The van der Waals surface area contributed by atoms with Crippen molar-refractivity contribution < 1.29 is 9.53 Å². The SMILES string of the molecule is COCCNC(=O)CCNC(C)c1cc(Br)cs1. The van der Waals surface area contributed by atoms with E-state index in [4.69, 9.17) is 4.74 Å². The van der Waals surface area contributed by atoms with Crippen LogP contribution in [0.5, 0.6) is 0 Å². The van der Waals surface area contributed by atoms with Crippen LogP contribution in [0.15, 0.2) is 15.9 Å². The lowest BCUT2D eigenvalue weighted by Crippen LogP contribution is -2.30. The number of carbonyl (C=O) groups excluding carboxylic acids is 1. The molecule has 4 nitrogen and oxygen atoms in total. The summed E-state index contributed by atoms with van der Waals surface area (Å²) in [5.41, 5.74) is 0. The Kier molecular flexibility index (Phi) is 7.50. The summed E-state index contributed by atoms with van der Waals surface area (Å²) in [7, 11) is 1.62. The number of halogens is 1. The Balaban J connectivity index is 2.15. The first-order chi connectivity index (χ1) is 8.63. The minimum atomic E-state index is 0.0547. The van der Waals surface area contributed by atoms with Crippen molar-refractivity contribution in [1.29, 1.82) is 0 Å². The van der Waals surface area contributed by atoms with Crippen LogP contribution < -0.4 is 10.6 Å². The van der Waals surface area contributed by atoms with E-state index >= 15 is 0 Å². The molecule has 1 heterocycles. The van der Waals surface area contributed by atoms with Crippen molar-refractivity contribution in [3.8, 4) is 0 Å². The maximum Gasteiger partial charge on any atom is 0.221 e. The van der Waals surface area contributed by atoms with E-state index in [0.717, 1.165) is 4.47 Å². The summed E-state index contributed by atoms with van der Waals surface area (Å²) < 4.78 is 5.97. The van der Waals surface area contributed by atoms with E-state index in [9.17, 15) is 4.79 Å². The fourth-order valence-corrected chi connectivity index (χ4v) is 2.92. The minimum Gasteiger partial charge on any atom is -0.383 e. The van der Waals surface area contributed by atoms with E-state index in [1.165, 1.54) is 4.88 Å². The molecule has 0 bridgehead atoms. The minimum absolute atomic E-state index is 0.0547. The molecule has 18 heavy (non-hydrogen) atoms. The van der Waals surface area contributed by atoms with Crippen LogP contribution in [0.1, 0.15) is 24.3 Å². The number of nitrogens with one attached hydrogen (secondary N) is 2. The van der Waals surface area contributed by atoms with Gasteiger partial charge in [0.15, 0.2) is 0 Å². The van der Waals surface area contributed by atoms with Crippen molar-refractivity contribution in [2.75, 3.05) is 26.8 Å². The van der Waals surface area contributed by atoms with Crippen molar-refractivity contribution in [2.45, 2.75) is 19.4 Å². The lowest BCUT2D eigenvalue weighted by Gasteiger charge is -2.11. The lowest BCUT2D eigenvalue weighted by molar-refractivity contribution is -0.121. The zero-order chi connectivity index (χ0) is 13.4. The predicted molar refractivity (Wildman–Crippen MR) is 77.9 cm³/mol. The van der Waals surface area contributed by atoms with Gasteiger partial charge in [-0.15, -0.1) is 11.3 Å². The first-order valence-corrected chi connectivity index (χ1v) is 7.53. The molecule has 0 fully saturated rings. The fourth-order valence-electron chi connectivity index (χ4n) is 1.44. The molecule has 102 valence electrons. The summed E-state index contributed by atoms with van der Waals surface area (Å²) in [6.07, 6.45) is 0.487. The van der Waals surface area contributed by atoms with Crippen LogP contribution in [0.25, 0.3) is 0 Å². The highest BCUT2D eigenvalue weighted by Gasteiger charge is 2.08. The van der Waals surface area contributed by atoms with Crippen LogP contribution in [-0.4, -0.2) is 32.7 Å². The number of methoxy groups -OCH3 is 1. The second kappa shape index (κ2) is 8.63. The second-order valence-corrected chi connectivity index (χ2v) is 5.79. The molecule has 0 aromatic carbocycles. The molecule has 0 aliphatic rings. The maximum atomic E-state index is 11.4. The van der Waals surface area contributed by atoms with Gasteiger partial charge in [0, 0.05) is 47.4 Å². The van der Waals surface area contributed by atoms with Crippen LogP contribution in [0.4, 0.5) is 0 Å². The van der Waals surface area contributed by atoms with E-state index in [1.54, 1.807) is 18.4 Å². The standard InChI is InChI=1S/C12H19BrN2O2S/c1-9(11-7-10(13)8-18-11)14-4-3-12(16)15-5-6-17-2/h7-9,14H,3-6H2,1-2H3,(H,15,16). The molecule has 0 radical (unpaired) electrons. The molecule has 2 N–H and O–H groups in total. The van der Waals surface area contributed by atoms with Gasteiger partial charge in [-0.2, -0.15) is 0 Å².